The van der Waals surface area contributed by atoms with Gasteiger partial charge in [-0.2, -0.15) is 0 Å². The lowest BCUT2D eigenvalue weighted by molar-refractivity contribution is 0.0926. The van der Waals surface area contributed by atoms with E-state index in [1.807, 2.05) is 0 Å². The number of carbonyl (C=O) groups is 1. The predicted octanol–water partition coefficient (Wildman–Crippen LogP) is 1.41. The minimum Gasteiger partial charge on any atom is -0.440 e. The van der Waals surface area contributed by atoms with E-state index in [1.165, 1.54) is 12.8 Å². The van der Waals surface area contributed by atoms with Gasteiger partial charge >= 0.3 is 0 Å². The van der Waals surface area contributed by atoms with E-state index in [-0.39, 0.29) is 16.9 Å². The van der Waals surface area contributed by atoms with E-state index in [9.17, 15) is 4.79 Å². The van der Waals surface area contributed by atoms with Crippen molar-refractivity contribution in [1.29, 1.82) is 0 Å². The Bertz CT molecular complexity index is 347. The summed E-state index contributed by atoms with van der Waals surface area (Å²) in [7, 11) is 0. The topological polar surface area (TPSA) is 54.3 Å². The number of nitrogens with one attached hydrogen (secondary N) is 2. The van der Waals surface area contributed by atoms with Gasteiger partial charge in [-0.3, -0.25) is 4.79 Å². The van der Waals surface area contributed by atoms with Crippen LogP contribution in [0.4, 0.5) is 0 Å². The van der Waals surface area contributed by atoms with Gasteiger partial charge in [0.1, 0.15) is 0 Å². The van der Waals surface area contributed by atoms with Crippen LogP contribution in [0.3, 0.4) is 0 Å². The summed E-state index contributed by atoms with van der Waals surface area (Å²) in [6.07, 6.45) is 2.50. The number of hydrogen-bond acceptors (Lipinski definition) is 3. The summed E-state index contributed by atoms with van der Waals surface area (Å²) in [5.41, 5.74) is 0. The van der Waals surface area contributed by atoms with Crippen LogP contribution in [-0.2, 0) is 0 Å². The highest BCUT2D eigenvalue weighted by molar-refractivity contribution is 6.29. The van der Waals surface area contributed by atoms with Gasteiger partial charge in [-0.05, 0) is 36.6 Å². The zero-order valence-electron chi connectivity index (χ0n) is 8.25. The van der Waals surface area contributed by atoms with Crippen molar-refractivity contribution < 1.29 is 9.21 Å². The van der Waals surface area contributed by atoms with Crippen molar-refractivity contribution in [2.45, 2.75) is 18.9 Å². The van der Waals surface area contributed by atoms with E-state index in [0.29, 0.717) is 12.6 Å². The molecule has 15 heavy (non-hydrogen) atoms. The van der Waals surface area contributed by atoms with Crippen molar-refractivity contribution in [2.24, 2.45) is 0 Å². The Morgan fingerprint density at radius 3 is 2.87 bits per heavy atom. The van der Waals surface area contributed by atoms with E-state index in [2.05, 4.69) is 10.6 Å². The van der Waals surface area contributed by atoms with Crippen molar-refractivity contribution in [3.05, 3.63) is 23.1 Å². The fourth-order valence-electron chi connectivity index (χ4n) is 1.26. The van der Waals surface area contributed by atoms with Crippen molar-refractivity contribution >= 4 is 17.5 Å². The molecule has 0 saturated heterocycles. The van der Waals surface area contributed by atoms with Gasteiger partial charge in [-0.1, -0.05) is 0 Å². The van der Waals surface area contributed by atoms with Gasteiger partial charge < -0.3 is 15.1 Å². The van der Waals surface area contributed by atoms with Crippen LogP contribution in [0.25, 0.3) is 0 Å². The van der Waals surface area contributed by atoms with Gasteiger partial charge in [-0.15, -0.1) is 0 Å². The third-order valence-electron chi connectivity index (χ3n) is 2.22. The minimum atomic E-state index is -0.223. The molecule has 0 radical (unpaired) electrons. The van der Waals surface area contributed by atoms with Crippen molar-refractivity contribution in [1.82, 2.24) is 10.6 Å². The van der Waals surface area contributed by atoms with Crippen molar-refractivity contribution in [3.63, 3.8) is 0 Å². The SMILES string of the molecule is O=C(NCCNC1CC1)c1ccc(Cl)o1. The number of furan rings is 1. The molecule has 1 heterocycles. The summed E-state index contributed by atoms with van der Waals surface area (Å²) < 4.78 is 4.97. The summed E-state index contributed by atoms with van der Waals surface area (Å²) >= 11 is 5.56. The number of halogens is 1. The van der Waals surface area contributed by atoms with E-state index in [0.717, 1.165) is 6.54 Å². The van der Waals surface area contributed by atoms with Crippen LogP contribution in [0.15, 0.2) is 16.5 Å². The molecule has 2 rings (SSSR count). The first-order valence-electron chi connectivity index (χ1n) is 5.02. The number of rotatable bonds is 5. The summed E-state index contributed by atoms with van der Waals surface area (Å²) in [4.78, 5) is 11.4. The molecule has 0 atom stereocenters. The minimum absolute atomic E-state index is 0.223. The molecule has 1 amide bonds. The summed E-state index contributed by atoms with van der Waals surface area (Å²) in [5.74, 6) is 0.0333. The first kappa shape index (κ1) is 10.5. The van der Waals surface area contributed by atoms with Gasteiger partial charge in [0, 0.05) is 19.1 Å². The third-order valence-corrected chi connectivity index (χ3v) is 2.42. The molecule has 1 aromatic heterocycles. The van der Waals surface area contributed by atoms with Crippen LogP contribution < -0.4 is 10.6 Å². The van der Waals surface area contributed by atoms with Gasteiger partial charge in [0.2, 0.25) is 0 Å². The lowest BCUT2D eigenvalue weighted by Crippen LogP contribution is -2.32. The molecule has 4 nitrogen and oxygen atoms in total. The second-order valence-corrected chi connectivity index (χ2v) is 3.96. The van der Waals surface area contributed by atoms with Gasteiger partial charge in [0.25, 0.3) is 5.91 Å². The molecular formula is C10H13ClN2O2. The van der Waals surface area contributed by atoms with Crippen LogP contribution in [0.1, 0.15) is 23.4 Å². The van der Waals surface area contributed by atoms with E-state index in [4.69, 9.17) is 16.0 Å². The Hall–Kier alpha value is -1.00. The van der Waals surface area contributed by atoms with Gasteiger partial charge in [0.15, 0.2) is 11.0 Å². The summed E-state index contributed by atoms with van der Waals surface area (Å²) in [6.45, 7) is 1.40. The highest BCUT2D eigenvalue weighted by Crippen LogP contribution is 2.17. The van der Waals surface area contributed by atoms with E-state index < -0.39 is 0 Å². The fraction of sp³-hybridized carbons (Fsp3) is 0.500. The average molecular weight is 229 g/mol. The van der Waals surface area contributed by atoms with Crippen LogP contribution in [0.5, 0.6) is 0 Å². The largest absolute Gasteiger partial charge is 0.440 e. The van der Waals surface area contributed by atoms with Crippen LogP contribution in [0.2, 0.25) is 5.22 Å². The first-order valence-corrected chi connectivity index (χ1v) is 5.40. The number of carbonyl (C=O) groups excluding carboxylic acids is 1. The molecule has 1 saturated carbocycles. The first-order chi connectivity index (χ1) is 7.25. The molecule has 0 aliphatic heterocycles. The molecule has 5 heteroatoms. The normalized spacial score (nSPS) is 15.3. The Morgan fingerprint density at radius 1 is 1.47 bits per heavy atom. The van der Waals surface area contributed by atoms with E-state index in [1.54, 1.807) is 12.1 Å². The standard InChI is InChI=1S/C10H13ClN2O2/c11-9-4-3-8(15-9)10(14)13-6-5-12-7-1-2-7/h3-4,7,12H,1-2,5-6H2,(H,13,14). The molecule has 1 aromatic rings. The Labute approximate surface area is 93.0 Å². The molecule has 0 aromatic carbocycles. The summed E-state index contributed by atoms with van der Waals surface area (Å²) in [5, 5.41) is 6.27. The van der Waals surface area contributed by atoms with Crippen LogP contribution in [0, 0.1) is 0 Å². The highest BCUT2D eigenvalue weighted by Gasteiger charge is 2.19. The smallest absolute Gasteiger partial charge is 0.287 e. The molecule has 0 spiro atoms. The van der Waals surface area contributed by atoms with Crippen LogP contribution in [-0.4, -0.2) is 25.0 Å². The molecular weight excluding hydrogens is 216 g/mol. The van der Waals surface area contributed by atoms with Gasteiger partial charge in [0.05, 0.1) is 0 Å². The molecule has 0 bridgehead atoms. The molecule has 1 fully saturated rings. The maximum absolute atomic E-state index is 11.4. The lowest BCUT2D eigenvalue weighted by atomic mass is 10.4. The Morgan fingerprint density at radius 2 is 2.27 bits per heavy atom. The average Bonchev–Trinajstić information content (AvgIpc) is 2.94. The molecule has 82 valence electrons. The third kappa shape index (κ3) is 3.25. The number of hydrogen-bond donors (Lipinski definition) is 2. The second kappa shape index (κ2) is 4.68. The fourth-order valence-corrected chi connectivity index (χ4v) is 1.41. The highest BCUT2D eigenvalue weighted by atomic mass is 35.5. The van der Waals surface area contributed by atoms with Crippen LogP contribution >= 0.6 is 11.6 Å². The van der Waals surface area contributed by atoms with Crippen molar-refractivity contribution in [3.8, 4) is 0 Å². The second-order valence-electron chi connectivity index (χ2n) is 3.59. The predicted molar refractivity (Wildman–Crippen MR) is 57.1 cm³/mol. The summed E-state index contributed by atoms with van der Waals surface area (Å²) in [6, 6.07) is 3.78. The molecule has 1 aliphatic rings. The monoisotopic (exact) mass is 228 g/mol. The maximum Gasteiger partial charge on any atom is 0.287 e. The van der Waals surface area contributed by atoms with E-state index >= 15 is 0 Å². The molecule has 1 aliphatic carbocycles. The lowest BCUT2D eigenvalue weighted by Gasteiger charge is -2.03. The van der Waals surface area contributed by atoms with Gasteiger partial charge in [-0.25, -0.2) is 0 Å². The zero-order valence-corrected chi connectivity index (χ0v) is 9.01. The maximum atomic E-state index is 11.4. The van der Waals surface area contributed by atoms with Crippen molar-refractivity contribution in [2.75, 3.05) is 13.1 Å². The Kier molecular flexibility index (Phi) is 3.28. The molecule has 2 N–H and O–H groups in total. The quantitative estimate of drug-likeness (QED) is 0.750. The molecule has 0 unspecified atom stereocenters. The zero-order chi connectivity index (χ0) is 10.7. The number of amides is 1. The Balaban J connectivity index is 1.67.